The normalized spacial score (nSPS) is 27.4. The van der Waals surface area contributed by atoms with Crippen molar-refractivity contribution in [1.29, 1.82) is 0 Å². The van der Waals surface area contributed by atoms with Crippen molar-refractivity contribution < 1.29 is 19.1 Å². The Morgan fingerprint density at radius 1 is 1.08 bits per heavy atom. The van der Waals surface area contributed by atoms with Gasteiger partial charge in [-0.15, -0.1) is 0 Å². The molecule has 0 spiro atoms. The molecule has 2 saturated heterocycles. The van der Waals surface area contributed by atoms with Gasteiger partial charge in [0.05, 0.1) is 22.5 Å². The zero-order chi connectivity index (χ0) is 26.9. The van der Waals surface area contributed by atoms with Crippen molar-refractivity contribution >= 4 is 35.4 Å². The van der Waals surface area contributed by atoms with Crippen molar-refractivity contribution in [2.24, 2.45) is 5.92 Å². The number of carbonyl (C=O) groups excluding carboxylic acids is 3. The maximum absolute atomic E-state index is 13.4. The van der Waals surface area contributed by atoms with Gasteiger partial charge in [0.15, 0.2) is 0 Å². The van der Waals surface area contributed by atoms with Gasteiger partial charge in [0, 0.05) is 23.7 Å². The van der Waals surface area contributed by atoms with E-state index in [9.17, 15) is 14.4 Å². The second-order valence-corrected chi connectivity index (χ2v) is 11.2. The third-order valence-electron chi connectivity index (χ3n) is 7.64. The number of piperidine rings is 1. The van der Waals surface area contributed by atoms with E-state index in [0.717, 1.165) is 32.2 Å². The molecule has 4 heterocycles. The number of pyridine rings is 1. The Morgan fingerprint density at radius 3 is 2.62 bits per heavy atom. The van der Waals surface area contributed by atoms with Gasteiger partial charge in [0.25, 0.3) is 5.91 Å². The Kier molecular flexibility index (Phi) is 7.01. The van der Waals surface area contributed by atoms with Crippen molar-refractivity contribution in [2.45, 2.75) is 49.2 Å². The highest BCUT2D eigenvalue weighted by atomic mass is 32.2. The Hall–Kier alpha value is -3.83. The summed E-state index contributed by atoms with van der Waals surface area (Å²) < 4.78 is 5.85. The lowest BCUT2D eigenvalue weighted by Gasteiger charge is -2.45. The van der Waals surface area contributed by atoms with Crippen LogP contribution < -0.4 is 30.9 Å². The molecule has 2 aromatic rings. The van der Waals surface area contributed by atoms with Gasteiger partial charge in [-0.1, -0.05) is 36.5 Å². The molecular formula is C28H30N6O4S. The number of carbonyl (C=O) groups is 3. The first-order chi connectivity index (χ1) is 19.0. The third-order valence-corrected chi connectivity index (χ3v) is 8.99. The number of ether oxygens (including phenoxy) is 1. The zero-order valence-electron chi connectivity index (χ0n) is 21.3. The van der Waals surface area contributed by atoms with Crippen LogP contribution in [-0.2, 0) is 9.59 Å². The Balaban J connectivity index is 1.20. The summed E-state index contributed by atoms with van der Waals surface area (Å²) in [6, 6.07) is 12.3. The lowest BCUT2D eigenvalue weighted by atomic mass is 9.86. The lowest BCUT2D eigenvalue weighted by molar-refractivity contribution is -0.119. The van der Waals surface area contributed by atoms with Crippen molar-refractivity contribution in [3.8, 4) is 11.5 Å². The Bertz CT molecular complexity index is 1320. The fraction of sp³-hybridized carbons (Fsp3) is 0.357. The van der Waals surface area contributed by atoms with Crippen LogP contribution in [-0.4, -0.2) is 52.9 Å². The monoisotopic (exact) mass is 546 g/mol. The number of urea groups is 1. The highest BCUT2D eigenvalue weighted by Gasteiger charge is 2.52. The van der Waals surface area contributed by atoms with Gasteiger partial charge in [-0.05, 0) is 62.6 Å². The van der Waals surface area contributed by atoms with Gasteiger partial charge in [0.2, 0.25) is 5.91 Å². The summed E-state index contributed by atoms with van der Waals surface area (Å²) in [5.74, 6) is 1.28. The molecule has 1 saturated carbocycles. The molecule has 1 aliphatic carbocycles. The van der Waals surface area contributed by atoms with E-state index in [-0.39, 0.29) is 47.3 Å². The van der Waals surface area contributed by atoms with E-state index < -0.39 is 0 Å². The van der Waals surface area contributed by atoms with E-state index in [2.05, 4.69) is 32.8 Å². The van der Waals surface area contributed by atoms with E-state index >= 15 is 0 Å². The number of benzene rings is 1. The molecule has 6 rings (SSSR count). The molecule has 1 aromatic heterocycles. The fourth-order valence-corrected chi connectivity index (χ4v) is 7.27. The minimum absolute atomic E-state index is 0.0388. The van der Waals surface area contributed by atoms with E-state index in [1.807, 2.05) is 30.3 Å². The molecule has 5 atom stereocenters. The summed E-state index contributed by atoms with van der Waals surface area (Å²) in [6.07, 6.45) is 6.08. The molecule has 3 unspecified atom stereocenters. The molecule has 202 valence electrons. The second-order valence-electron chi connectivity index (χ2n) is 10.0. The SMILES string of the molecule is C=CC(=O)N[C@@H]1CCC[C@H]1NC(=O)C1=C2NC(=O)N(c3ccc(Oc4ccccc4)cn3)C3CCNC(S1)C23. The summed E-state index contributed by atoms with van der Waals surface area (Å²) in [5.41, 5.74) is 0.662. The number of nitrogens with zero attached hydrogens (tertiary/aromatic N) is 2. The van der Waals surface area contributed by atoms with Crippen LogP contribution in [0.4, 0.5) is 10.6 Å². The van der Waals surface area contributed by atoms with Crippen LogP contribution in [0.2, 0.25) is 0 Å². The molecule has 0 bridgehead atoms. The molecule has 4 N–H and O–H groups in total. The van der Waals surface area contributed by atoms with E-state index in [1.54, 1.807) is 23.2 Å². The highest BCUT2D eigenvalue weighted by Crippen LogP contribution is 2.47. The minimum atomic E-state index is -0.305. The first kappa shape index (κ1) is 25.4. The average Bonchev–Trinajstić information content (AvgIpc) is 3.54. The van der Waals surface area contributed by atoms with Crippen LogP contribution in [0, 0.1) is 5.92 Å². The smallest absolute Gasteiger partial charge is 0.327 e. The number of aromatic nitrogens is 1. The Morgan fingerprint density at radius 2 is 1.87 bits per heavy atom. The summed E-state index contributed by atoms with van der Waals surface area (Å²) >= 11 is 1.46. The van der Waals surface area contributed by atoms with Gasteiger partial charge < -0.3 is 26.0 Å². The number of nitrogens with one attached hydrogen (secondary N) is 4. The number of hydrogen-bond donors (Lipinski definition) is 4. The number of rotatable bonds is 7. The second kappa shape index (κ2) is 10.7. The zero-order valence-corrected chi connectivity index (χ0v) is 22.1. The van der Waals surface area contributed by atoms with Crippen LogP contribution in [0.15, 0.2) is 71.9 Å². The molecule has 39 heavy (non-hydrogen) atoms. The van der Waals surface area contributed by atoms with Crippen LogP contribution in [0.3, 0.4) is 0 Å². The van der Waals surface area contributed by atoms with Gasteiger partial charge in [-0.25, -0.2) is 9.78 Å². The highest BCUT2D eigenvalue weighted by molar-refractivity contribution is 8.04. The summed E-state index contributed by atoms with van der Waals surface area (Å²) in [4.78, 5) is 45.5. The van der Waals surface area contributed by atoms with Crippen molar-refractivity contribution in [2.75, 3.05) is 11.4 Å². The summed E-state index contributed by atoms with van der Waals surface area (Å²) in [5, 5.41) is 12.5. The number of hydrogen-bond acceptors (Lipinski definition) is 7. The fourth-order valence-electron chi connectivity index (χ4n) is 5.87. The Labute approximate surface area is 230 Å². The van der Waals surface area contributed by atoms with Crippen LogP contribution in [0.25, 0.3) is 0 Å². The van der Waals surface area contributed by atoms with Crippen molar-refractivity contribution in [3.05, 3.63) is 71.9 Å². The third kappa shape index (κ3) is 4.99. The molecule has 4 aliphatic rings. The quantitative estimate of drug-likeness (QED) is 0.394. The van der Waals surface area contributed by atoms with Gasteiger partial charge in [-0.2, -0.15) is 0 Å². The molecular weight excluding hydrogens is 516 g/mol. The number of anilines is 1. The number of amides is 4. The summed E-state index contributed by atoms with van der Waals surface area (Å²) in [7, 11) is 0. The first-order valence-electron chi connectivity index (χ1n) is 13.2. The minimum Gasteiger partial charge on any atom is -0.456 e. The van der Waals surface area contributed by atoms with Gasteiger partial charge in [-0.3, -0.25) is 14.5 Å². The molecule has 10 nitrogen and oxygen atoms in total. The molecule has 4 amide bonds. The maximum atomic E-state index is 13.4. The van der Waals surface area contributed by atoms with Crippen molar-refractivity contribution in [1.82, 2.24) is 26.3 Å². The van der Waals surface area contributed by atoms with E-state index in [1.165, 1.54) is 17.8 Å². The first-order valence-corrected chi connectivity index (χ1v) is 14.1. The molecule has 0 radical (unpaired) electrons. The van der Waals surface area contributed by atoms with Crippen LogP contribution in [0.5, 0.6) is 11.5 Å². The molecule has 11 heteroatoms. The maximum Gasteiger partial charge on any atom is 0.327 e. The predicted molar refractivity (Wildman–Crippen MR) is 148 cm³/mol. The van der Waals surface area contributed by atoms with Crippen molar-refractivity contribution in [3.63, 3.8) is 0 Å². The predicted octanol–water partition coefficient (Wildman–Crippen LogP) is 3.01. The number of para-hydroxylation sites is 1. The van der Waals surface area contributed by atoms with Crippen LogP contribution in [0.1, 0.15) is 25.7 Å². The lowest BCUT2D eigenvalue weighted by Crippen LogP contribution is -2.62. The molecule has 3 fully saturated rings. The van der Waals surface area contributed by atoms with Gasteiger partial charge >= 0.3 is 6.03 Å². The average molecular weight is 547 g/mol. The largest absolute Gasteiger partial charge is 0.456 e. The summed E-state index contributed by atoms with van der Waals surface area (Å²) in [6.45, 7) is 4.23. The van der Waals surface area contributed by atoms with Gasteiger partial charge in [0.1, 0.15) is 17.3 Å². The topological polar surface area (TPSA) is 125 Å². The standard InChI is InChI=1S/C28H30N6O4S/c1-2-22(35)31-18-9-6-10-19(18)32-26(36)25-24-23-20(13-14-29-27(23)39-25)34(28(37)33-24)21-12-11-17(15-30-21)38-16-7-4-3-5-8-16/h2-5,7-8,11-12,15,18-20,23,27,29H,1,6,9-10,13-14H2,(H,31,35)(H,32,36)(H,33,37)/t18-,19-,20?,23?,27?/m1/s1. The van der Waals surface area contributed by atoms with E-state index in [0.29, 0.717) is 27.9 Å². The number of thioether (sulfide) groups is 1. The van der Waals surface area contributed by atoms with E-state index in [4.69, 9.17) is 4.74 Å². The molecule has 1 aromatic carbocycles. The molecule has 3 aliphatic heterocycles. The van der Waals surface area contributed by atoms with Crippen LogP contribution >= 0.6 is 11.8 Å².